The van der Waals surface area contributed by atoms with E-state index >= 15 is 0 Å². The van der Waals surface area contributed by atoms with Gasteiger partial charge in [0.2, 0.25) is 11.7 Å². The van der Waals surface area contributed by atoms with Gasteiger partial charge in [0.1, 0.15) is 5.82 Å². The first-order valence-corrected chi connectivity index (χ1v) is 4.33. The maximum atomic E-state index is 13.0. The Morgan fingerprint density at radius 3 is 2.75 bits per heavy atom. The van der Waals surface area contributed by atoms with E-state index in [1.165, 1.54) is 0 Å². The average Bonchev–Trinajstić information content (AvgIpc) is 2.71. The number of aromatic hydroxyl groups is 1. The molecule has 0 aliphatic rings. The predicted octanol–water partition coefficient (Wildman–Crippen LogP) is 1.18. The Kier molecular flexibility index (Phi) is 2.53. The van der Waals surface area contributed by atoms with Crippen LogP contribution in [0.5, 0.6) is 5.75 Å². The van der Waals surface area contributed by atoms with Crippen LogP contribution in [0, 0.1) is 11.6 Å². The number of hydrogen-bond donors (Lipinski definition) is 2. The van der Waals surface area contributed by atoms with Gasteiger partial charge in [0.25, 0.3) is 0 Å². The molecule has 0 aliphatic heterocycles. The minimum atomic E-state index is -1.09. The van der Waals surface area contributed by atoms with Crippen molar-refractivity contribution in [3.63, 3.8) is 0 Å². The summed E-state index contributed by atoms with van der Waals surface area (Å²) in [6.07, 6.45) is 0. The van der Waals surface area contributed by atoms with Gasteiger partial charge in [-0.2, -0.15) is 4.98 Å². The Labute approximate surface area is 88.5 Å². The molecule has 5 nitrogen and oxygen atoms in total. The van der Waals surface area contributed by atoms with Crippen LogP contribution in [0.3, 0.4) is 0 Å². The van der Waals surface area contributed by atoms with Gasteiger partial charge in [0, 0.05) is 6.07 Å². The van der Waals surface area contributed by atoms with Gasteiger partial charge < -0.3 is 15.4 Å². The molecule has 16 heavy (non-hydrogen) atoms. The normalized spacial score (nSPS) is 10.7. The molecular weight excluding hydrogens is 220 g/mol. The van der Waals surface area contributed by atoms with E-state index in [4.69, 9.17) is 5.73 Å². The summed E-state index contributed by atoms with van der Waals surface area (Å²) in [4.78, 5) is 3.75. The molecule has 0 fully saturated rings. The van der Waals surface area contributed by atoms with Crippen molar-refractivity contribution >= 4 is 0 Å². The van der Waals surface area contributed by atoms with Crippen molar-refractivity contribution in [1.29, 1.82) is 0 Å². The maximum Gasteiger partial charge on any atom is 0.240 e. The Hall–Kier alpha value is -2.02. The SMILES string of the molecule is NCc1nc(-c2cc(F)cc(F)c2O)no1. The van der Waals surface area contributed by atoms with E-state index in [-0.39, 0.29) is 23.8 Å². The molecule has 1 aromatic heterocycles. The summed E-state index contributed by atoms with van der Waals surface area (Å²) in [5.74, 6) is -2.67. The number of nitrogens with zero attached hydrogens (tertiary/aromatic N) is 2. The summed E-state index contributed by atoms with van der Waals surface area (Å²) in [5.41, 5.74) is 5.05. The van der Waals surface area contributed by atoms with Crippen molar-refractivity contribution in [2.45, 2.75) is 6.54 Å². The highest BCUT2D eigenvalue weighted by Crippen LogP contribution is 2.30. The lowest BCUT2D eigenvalue weighted by Gasteiger charge is -2.00. The van der Waals surface area contributed by atoms with Crippen LogP contribution >= 0.6 is 0 Å². The van der Waals surface area contributed by atoms with E-state index in [0.29, 0.717) is 6.07 Å². The van der Waals surface area contributed by atoms with Gasteiger partial charge in [0.15, 0.2) is 11.6 Å². The van der Waals surface area contributed by atoms with Crippen LogP contribution in [-0.2, 0) is 6.54 Å². The lowest BCUT2D eigenvalue weighted by atomic mass is 10.2. The standard InChI is InChI=1S/C9H7F2N3O2/c10-4-1-5(8(15)6(11)2-4)9-13-7(3-12)16-14-9/h1-2,15H,3,12H2. The zero-order valence-electron chi connectivity index (χ0n) is 7.94. The van der Waals surface area contributed by atoms with E-state index in [9.17, 15) is 13.9 Å². The van der Waals surface area contributed by atoms with Crippen molar-refractivity contribution < 1.29 is 18.4 Å². The van der Waals surface area contributed by atoms with Crippen molar-refractivity contribution in [2.75, 3.05) is 0 Å². The molecule has 7 heteroatoms. The molecule has 1 heterocycles. The average molecular weight is 227 g/mol. The van der Waals surface area contributed by atoms with Crippen LogP contribution in [0.2, 0.25) is 0 Å². The van der Waals surface area contributed by atoms with Crippen molar-refractivity contribution in [3.05, 3.63) is 29.7 Å². The van der Waals surface area contributed by atoms with Crippen LogP contribution in [0.4, 0.5) is 8.78 Å². The van der Waals surface area contributed by atoms with Crippen LogP contribution < -0.4 is 5.73 Å². The lowest BCUT2D eigenvalue weighted by molar-refractivity contribution is 0.380. The minimum absolute atomic E-state index is 0.00552. The Bertz CT molecular complexity index is 527. The molecule has 1 aromatic carbocycles. The molecule has 0 radical (unpaired) electrons. The number of hydrogen-bond acceptors (Lipinski definition) is 5. The van der Waals surface area contributed by atoms with E-state index < -0.39 is 17.4 Å². The fourth-order valence-corrected chi connectivity index (χ4v) is 1.18. The van der Waals surface area contributed by atoms with Gasteiger partial charge in [-0.05, 0) is 6.07 Å². The molecule has 2 rings (SSSR count). The number of phenolic OH excluding ortho intramolecular Hbond substituents is 1. The molecular formula is C9H7F2N3O2. The Morgan fingerprint density at radius 1 is 1.38 bits per heavy atom. The number of benzene rings is 1. The first-order chi connectivity index (χ1) is 7.61. The summed E-state index contributed by atoms with van der Waals surface area (Å²) in [6, 6.07) is 1.46. The van der Waals surface area contributed by atoms with Crippen LogP contribution in [0.1, 0.15) is 5.89 Å². The van der Waals surface area contributed by atoms with E-state index in [1.54, 1.807) is 0 Å². The molecule has 0 aliphatic carbocycles. The topological polar surface area (TPSA) is 85.2 Å². The van der Waals surface area contributed by atoms with Crippen LogP contribution in [0.25, 0.3) is 11.4 Å². The minimum Gasteiger partial charge on any atom is -0.504 e. The lowest BCUT2D eigenvalue weighted by Crippen LogP contribution is -1.96. The highest BCUT2D eigenvalue weighted by Gasteiger charge is 2.16. The zero-order chi connectivity index (χ0) is 11.7. The molecule has 0 bridgehead atoms. The molecule has 84 valence electrons. The number of nitrogens with two attached hydrogens (primary N) is 1. The van der Waals surface area contributed by atoms with Crippen LogP contribution in [-0.4, -0.2) is 15.2 Å². The fraction of sp³-hybridized carbons (Fsp3) is 0.111. The van der Waals surface area contributed by atoms with Crippen molar-refractivity contribution in [3.8, 4) is 17.1 Å². The van der Waals surface area contributed by atoms with Gasteiger partial charge in [0.05, 0.1) is 12.1 Å². The maximum absolute atomic E-state index is 13.0. The number of rotatable bonds is 2. The molecule has 2 aromatic rings. The monoisotopic (exact) mass is 227 g/mol. The van der Waals surface area contributed by atoms with Gasteiger partial charge in [-0.1, -0.05) is 5.16 Å². The largest absolute Gasteiger partial charge is 0.504 e. The third-order valence-corrected chi connectivity index (χ3v) is 1.91. The quantitative estimate of drug-likeness (QED) is 0.804. The molecule has 0 unspecified atom stereocenters. The van der Waals surface area contributed by atoms with Gasteiger partial charge in [-0.3, -0.25) is 0 Å². The second-order valence-electron chi connectivity index (χ2n) is 3.00. The summed E-state index contributed by atoms with van der Waals surface area (Å²) in [7, 11) is 0. The smallest absolute Gasteiger partial charge is 0.240 e. The zero-order valence-corrected chi connectivity index (χ0v) is 7.94. The number of phenols is 1. The van der Waals surface area contributed by atoms with Crippen molar-refractivity contribution in [1.82, 2.24) is 10.1 Å². The first kappa shape index (κ1) is 10.5. The van der Waals surface area contributed by atoms with Gasteiger partial charge in [-0.25, -0.2) is 8.78 Å². The number of halogens is 2. The third-order valence-electron chi connectivity index (χ3n) is 1.91. The molecule has 0 saturated heterocycles. The summed E-state index contributed by atoms with van der Waals surface area (Å²) < 4.78 is 30.6. The van der Waals surface area contributed by atoms with Crippen LogP contribution in [0.15, 0.2) is 16.7 Å². The number of aromatic nitrogens is 2. The summed E-state index contributed by atoms with van der Waals surface area (Å²) >= 11 is 0. The first-order valence-electron chi connectivity index (χ1n) is 4.33. The third kappa shape index (κ3) is 1.72. The molecule has 0 amide bonds. The van der Waals surface area contributed by atoms with Gasteiger partial charge >= 0.3 is 0 Å². The van der Waals surface area contributed by atoms with Gasteiger partial charge in [-0.15, -0.1) is 0 Å². The molecule has 3 N–H and O–H groups in total. The second kappa shape index (κ2) is 3.86. The second-order valence-corrected chi connectivity index (χ2v) is 3.00. The molecule has 0 saturated carbocycles. The van der Waals surface area contributed by atoms with E-state index in [0.717, 1.165) is 6.07 Å². The predicted molar refractivity (Wildman–Crippen MR) is 49.2 cm³/mol. The Morgan fingerprint density at radius 2 is 2.12 bits per heavy atom. The van der Waals surface area contributed by atoms with Crippen molar-refractivity contribution in [2.24, 2.45) is 5.73 Å². The molecule has 0 atom stereocenters. The summed E-state index contributed by atoms with van der Waals surface area (Å²) in [6.45, 7) is 0.00552. The van der Waals surface area contributed by atoms with E-state index in [1.807, 2.05) is 0 Å². The fourth-order valence-electron chi connectivity index (χ4n) is 1.18. The van der Waals surface area contributed by atoms with E-state index in [2.05, 4.69) is 14.7 Å². The highest BCUT2D eigenvalue weighted by atomic mass is 19.1. The summed E-state index contributed by atoms with van der Waals surface area (Å²) in [5, 5.41) is 12.8. The highest BCUT2D eigenvalue weighted by molar-refractivity contribution is 5.63. The Balaban J connectivity index is 2.54. The molecule has 0 spiro atoms.